The third-order valence-corrected chi connectivity index (χ3v) is 8.64. The highest BCUT2D eigenvalue weighted by Gasteiger charge is 2.39. The number of amides is 2. The minimum atomic E-state index is -0.794. The summed E-state index contributed by atoms with van der Waals surface area (Å²) in [6, 6.07) is 31.6. The molecule has 1 fully saturated rings. The Balaban J connectivity index is 1.35. The number of piperidine rings is 1. The van der Waals surface area contributed by atoms with Gasteiger partial charge < -0.3 is 16.0 Å². The van der Waals surface area contributed by atoms with Crippen LogP contribution >= 0.6 is 0 Å². The van der Waals surface area contributed by atoms with Gasteiger partial charge in [0.25, 0.3) is 0 Å². The van der Waals surface area contributed by atoms with Crippen molar-refractivity contribution in [2.75, 3.05) is 0 Å². The molecule has 4 aromatic rings. The summed E-state index contributed by atoms with van der Waals surface area (Å²) in [5, 5.41) is 9.93. The molecular weight excluding hydrogens is 561 g/mol. The molecule has 0 spiro atoms. The lowest BCUT2D eigenvalue weighted by Crippen LogP contribution is -2.63. The number of nitrogens with one attached hydrogen (secondary N) is 3. The van der Waals surface area contributed by atoms with E-state index in [1.807, 2.05) is 72.8 Å². The molecule has 5 rings (SSSR count). The van der Waals surface area contributed by atoms with Crippen LogP contribution < -0.4 is 16.0 Å². The first-order chi connectivity index (χ1) is 21.4. The van der Waals surface area contributed by atoms with Crippen LogP contribution in [0, 0.1) is 5.82 Å². The number of hydrogen-bond donors (Lipinski definition) is 3. The van der Waals surface area contributed by atoms with Gasteiger partial charge in [-0.05, 0) is 81.3 Å². The molecule has 1 aliphatic rings. The molecule has 3 N–H and O–H groups in total. The van der Waals surface area contributed by atoms with E-state index in [1.165, 1.54) is 6.07 Å². The van der Waals surface area contributed by atoms with Gasteiger partial charge in [0.1, 0.15) is 11.9 Å². The summed E-state index contributed by atoms with van der Waals surface area (Å²) in [5.74, 6) is -1.58. The van der Waals surface area contributed by atoms with E-state index in [-0.39, 0.29) is 34.8 Å². The van der Waals surface area contributed by atoms with Crippen molar-refractivity contribution in [1.29, 1.82) is 0 Å². The molecule has 5 nitrogen and oxygen atoms in total. The summed E-state index contributed by atoms with van der Waals surface area (Å²) in [5.41, 5.74) is 4.66. The summed E-state index contributed by atoms with van der Waals surface area (Å²) >= 11 is 0. The second kappa shape index (κ2) is 13.4. The van der Waals surface area contributed by atoms with Crippen LogP contribution in [0.5, 0.6) is 0 Å². The first kappa shape index (κ1) is 32.1. The van der Waals surface area contributed by atoms with Gasteiger partial charge in [-0.15, -0.1) is 0 Å². The average Bonchev–Trinajstić information content (AvgIpc) is 3.00. The Morgan fingerprint density at radius 2 is 1.33 bits per heavy atom. The third-order valence-electron chi connectivity index (χ3n) is 8.64. The SMILES string of the molecule is C[C@@H](C(=O)N[C@H](Cc1ccc(-c2ccccc2)cc1)C(=O)NC1CC(C)(C)NC(C)(C)C1)c1ccc(-c2ccccc2)c(F)c1. The molecule has 1 aliphatic heterocycles. The first-order valence-electron chi connectivity index (χ1n) is 15.8. The van der Waals surface area contributed by atoms with E-state index in [0.29, 0.717) is 17.5 Å². The van der Waals surface area contributed by atoms with Crippen molar-refractivity contribution < 1.29 is 14.0 Å². The van der Waals surface area contributed by atoms with Crippen LogP contribution in [0.25, 0.3) is 22.3 Å². The quantitative estimate of drug-likeness (QED) is 0.186. The van der Waals surface area contributed by atoms with Gasteiger partial charge in [-0.25, -0.2) is 4.39 Å². The fraction of sp³-hybridized carbons (Fsp3) is 0.333. The number of carbonyl (C=O) groups excluding carboxylic acids is 2. The monoisotopic (exact) mass is 605 g/mol. The predicted molar refractivity (Wildman–Crippen MR) is 180 cm³/mol. The third kappa shape index (κ3) is 8.25. The zero-order chi connectivity index (χ0) is 32.2. The van der Waals surface area contributed by atoms with Crippen LogP contribution in [-0.2, 0) is 16.0 Å². The van der Waals surface area contributed by atoms with Crippen LogP contribution in [0.4, 0.5) is 4.39 Å². The largest absolute Gasteiger partial charge is 0.351 e. The summed E-state index contributed by atoms with van der Waals surface area (Å²) in [6.45, 7) is 10.3. The van der Waals surface area contributed by atoms with Crippen molar-refractivity contribution in [3.05, 3.63) is 120 Å². The number of halogens is 1. The van der Waals surface area contributed by atoms with Gasteiger partial charge in [-0.3, -0.25) is 9.59 Å². The Morgan fingerprint density at radius 1 is 0.778 bits per heavy atom. The lowest BCUT2D eigenvalue weighted by atomic mass is 9.79. The van der Waals surface area contributed by atoms with E-state index in [9.17, 15) is 9.59 Å². The van der Waals surface area contributed by atoms with Crippen LogP contribution in [0.1, 0.15) is 64.5 Å². The Hall–Kier alpha value is -4.29. The van der Waals surface area contributed by atoms with E-state index in [1.54, 1.807) is 19.1 Å². The van der Waals surface area contributed by atoms with E-state index < -0.39 is 12.0 Å². The highest BCUT2D eigenvalue weighted by molar-refractivity contribution is 5.91. The van der Waals surface area contributed by atoms with Crippen molar-refractivity contribution in [1.82, 2.24) is 16.0 Å². The fourth-order valence-electron chi connectivity index (χ4n) is 6.74. The van der Waals surface area contributed by atoms with Crippen LogP contribution in [0.15, 0.2) is 103 Å². The first-order valence-corrected chi connectivity index (χ1v) is 15.8. The number of benzene rings is 4. The Kier molecular flexibility index (Phi) is 9.54. The minimum Gasteiger partial charge on any atom is -0.351 e. The molecule has 45 heavy (non-hydrogen) atoms. The average molecular weight is 606 g/mol. The van der Waals surface area contributed by atoms with Gasteiger partial charge in [0.2, 0.25) is 11.8 Å². The standard InChI is InChI=1S/C39H44FN3O2/c1-26(31-20-21-33(34(40)23-31)30-14-10-7-11-15-30)36(44)42-35(37(45)41-32-24-38(2,3)43-39(4,5)25-32)22-27-16-18-29(19-17-27)28-12-8-6-9-13-28/h6-21,23,26,32,35,43H,22,24-25H2,1-5H3,(H,41,45)(H,42,44)/t26-,35-/m1/s1. The van der Waals surface area contributed by atoms with Crippen molar-refractivity contribution in [2.24, 2.45) is 0 Å². The fourth-order valence-corrected chi connectivity index (χ4v) is 6.74. The molecule has 4 aromatic carbocycles. The zero-order valence-electron chi connectivity index (χ0n) is 26.9. The molecule has 234 valence electrons. The van der Waals surface area contributed by atoms with Crippen molar-refractivity contribution in [2.45, 2.75) is 83.0 Å². The molecule has 0 aliphatic carbocycles. The van der Waals surface area contributed by atoms with Gasteiger partial charge in [0.05, 0.1) is 5.92 Å². The smallest absolute Gasteiger partial charge is 0.243 e. The van der Waals surface area contributed by atoms with Gasteiger partial charge in [0, 0.05) is 29.1 Å². The molecule has 2 atom stereocenters. The summed E-state index contributed by atoms with van der Waals surface area (Å²) in [4.78, 5) is 27.5. The Bertz CT molecular complexity index is 1600. The summed E-state index contributed by atoms with van der Waals surface area (Å²) < 4.78 is 15.2. The second-order valence-corrected chi connectivity index (χ2v) is 13.7. The molecule has 1 heterocycles. The van der Waals surface area contributed by atoms with Crippen molar-refractivity contribution in [3.8, 4) is 22.3 Å². The topological polar surface area (TPSA) is 70.2 Å². The van der Waals surface area contributed by atoms with E-state index in [2.05, 4.69) is 55.8 Å². The highest BCUT2D eigenvalue weighted by Crippen LogP contribution is 2.29. The maximum Gasteiger partial charge on any atom is 0.243 e. The molecule has 6 heteroatoms. The maximum absolute atomic E-state index is 15.2. The van der Waals surface area contributed by atoms with Gasteiger partial charge in [0.15, 0.2) is 0 Å². The number of rotatable bonds is 9. The van der Waals surface area contributed by atoms with E-state index in [0.717, 1.165) is 35.1 Å². The lowest BCUT2D eigenvalue weighted by molar-refractivity contribution is -0.130. The minimum absolute atomic E-state index is 0.0411. The Morgan fingerprint density at radius 3 is 1.91 bits per heavy atom. The molecule has 0 aromatic heterocycles. The van der Waals surface area contributed by atoms with Crippen LogP contribution in [0.2, 0.25) is 0 Å². The molecule has 0 bridgehead atoms. The van der Waals surface area contributed by atoms with Gasteiger partial charge in [-0.1, -0.05) is 97.1 Å². The molecular formula is C39H44FN3O2. The molecule has 0 saturated carbocycles. The van der Waals surface area contributed by atoms with Gasteiger partial charge in [-0.2, -0.15) is 0 Å². The zero-order valence-corrected chi connectivity index (χ0v) is 26.9. The number of hydrogen-bond acceptors (Lipinski definition) is 3. The summed E-state index contributed by atoms with van der Waals surface area (Å²) in [7, 11) is 0. The van der Waals surface area contributed by atoms with E-state index in [4.69, 9.17) is 0 Å². The predicted octanol–water partition coefficient (Wildman–Crippen LogP) is 7.42. The Labute approximate surface area is 266 Å². The van der Waals surface area contributed by atoms with Crippen molar-refractivity contribution >= 4 is 11.8 Å². The lowest BCUT2D eigenvalue weighted by Gasteiger charge is -2.46. The van der Waals surface area contributed by atoms with E-state index >= 15 is 4.39 Å². The molecule has 2 amide bonds. The van der Waals surface area contributed by atoms with Crippen LogP contribution in [-0.4, -0.2) is 35.0 Å². The molecule has 1 saturated heterocycles. The maximum atomic E-state index is 15.2. The normalized spacial score (nSPS) is 17.2. The molecule has 0 radical (unpaired) electrons. The van der Waals surface area contributed by atoms with Crippen molar-refractivity contribution in [3.63, 3.8) is 0 Å². The number of carbonyl (C=O) groups is 2. The van der Waals surface area contributed by atoms with Gasteiger partial charge >= 0.3 is 0 Å². The summed E-state index contributed by atoms with van der Waals surface area (Å²) in [6.07, 6.45) is 1.88. The molecule has 0 unspecified atom stereocenters. The van der Waals surface area contributed by atoms with Crippen LogP contribution in [0.3, 0.4) is 0 Å². The highest BCUT2D eigenvalue weighted by atomic mass is 19.1. The second-order valence-electron chi connectivity index (χ2n) is 13.7.